The first-order valence-electron chi connectivity index (χ1n) is 8.10. The number of carbonyl (C=O) groups is 1. The maximum Gasteiger partial charge on any atom is 0.407 e. The van der Waals surface area contributed by atoms with Crippen molar-refractivity contribution in [2.75, 3.05) is 11.5 Å². The molecule has 1 atom stereocenters. The van der Waals surface area contributed by atoms with E-state index in [0.717, 1.165) is 18.4 Å². The quantitative estimate of drug-likeness (QED) is 0.876. The van der Waals surface area contributed by atoms with E-state index >= 15 is 0 Å². The number of benzene rings is 1. The molecule has 5 heteroatoms. The van der Waals surface area contributed by atoms with Gasteiger partial charge in [0.15, 0.2) is 0 Å². The molecule has 1 aliphatic carbocycles. The Hall–Kier alpha value is -1.20. The van der Waals surface area contributed by atoms with Crippen molar-refractivity contribution in [2.24, 2.45) is 0 Å². The number of amides is 1. The van der Waals surface area contributed by atoms with E-state index < -0.39 is 0 Å². The van der Waals surface area contributed by atoms with E-state index in [-0.39, 0.29) is 12.1 Å². The lowest BCUT2D eigenvalue weighted by atomic mass is 9.86. The second kappa shape index (κ2) is 7.88. The molecule has 120 valence electrons. The zero-order valence-corrected chi connectivity index (χ0v) is 13.6. The highest BCUT2D eigenvalue weighted by Crippen LogP contribution is 2.24. The maximum atomic E-state index is 11.8. The van der Waals surface area contributed by atoms with Gasteiger partial charge in [-0.2, -0.15) is 11.8 Å². The van der Waals surface area contributed by atoms with Gasteiger partial charge in [-0.25, -0.2) is 4.79 Å². The van der Waals surface area contributed by atoms with Gasteiger partial charge in [-0.3, -0.25) is 0 Å². The summed E-state index contributed by atoms with van der Waals surface area (Å²) in [6.45, 7) is 0.334. The molecule has 2 fully saturated rings. The number of carbonyl (C=O) groups excluding carboxylic acids is 1. The average molecular weight is 320 g/mol. The number of alkyl carbamates (subject to hydrolysis) is 1. The second-order valence-corrected chi connectivity index (χ2v) is 7.30. The Morgan fingerprint density at radius 3 is 2.73 bits per heavy atom. The van der Waals surface area contributed by atoms with Crippen LogP contribution in [-0.2, 0) is 11.3 Å². The molecule has 1 saturated heterocycles. The second-order valence-electron chi connectivity index (χ2n) is 6.15. The monoisotopic (exact) mass is 320 g/mol. The predicted octanol–water partition coefficient (Wildman–Crippen LogP) is 2.93. The summed E-state index contributed by atoms with van der Waals surface area (Å²) in [4.78, 5) is 11.8. The van der Waals surface area contributed by atoms with Gasteiger partial charge in [0.2, 0.25) is 0 Å². The fourth-order valence-corrected chi connectivity index (χ4v) is 4.09. The molecule has 22 heavy (non-hydrogen) atoms. The first-order chi connectivity index (χ1) is 10.8. The molecule has 1 amide bonds. The summed E-state index contributed by atoms with van der Waals surface area (Å²) in [5.41, 5.74) is 1.01. The van der Waals surface area contributed by atoms with Crippen LogP contribution >= 0.6 is 11.8 Å². The first-order valence-corrected chi connectivity index (χ1v) is 9.26. The van der Waals surface area contributed by atoms with E-state index in [9.17, 15) is 4.79 Å². The SMILES string of the molecule is O=C(NC1CC(NC2CCCSC2)C1)OCc1ccccc1. The molecule has 2 N–H and O–H groups in total. The van der Waals surface area contributed by atoms with Gasteiger partial charge in [0.1, 0.15) is 6.61 Å². The largest absolute Gasteiger partial charge is 0.445 e. The molecule has 0 radical (unpaired) electrons. The summed E-state index contributed by atoms with van der Waals surface area (Å²) >= 11 is 2.04. The van der Waals surface area contributed by atoms with E-state index in [4.69, 9.17) is 4.74 Å². The Morgan fingerprint density at radius 1 is 1.18 bits per heavy atom. The molecule has 0 bridgehead atoms. The zero-order chi connectivity index (χ0) is 15.2. The van der Waals surface area contributed by atoms with Crippen LogP contribution < -0.4 is 10.6 Å². The van der Waals surface area contributed by atoms with Gasteiger partial charge in [-0.05, 0) is 37.0 Å². The molecule has 0 aromatic heterocycles. The van der Waals surface area contributed by atoms with Gasteiger partial charge in [0, 0.05) is 23.9 Å². The summed E-state index contributed by atoms with van der Waals surface area (Å²) in [6.07, 6.45) is 4.34. The van der Waals surface area contributed by atoms with Gasteiger partial charge in [0.25, 0.3) is 0 Å². The van der Waals surface area contributed by atoms with E-state index in [2.05, 4.69) is 10.6 Å². The molecule has 1 saturated carbocycles. The van der Waals surface area contributed by atoms with Crippen LogP contribution in [0.1, 0.15) is 31.2 Å². The topological polar surface area (TPSA) is 50.4 Å². The third kappa shape index (κ3) is 4.65. The number of hydrogen-bond donors (Lipinski definition) is 2. The minimum atomic E-state index is -0.305. The van der Waals surface area contributed by atoms with Crippen molar-refractivity contribution in [3.63, 3.8) is 0 Å². The first kappa shape index (κ1) is 15.7. The molecule has 1 aliphatic heterocycles. The Kier molecular flexibility index (Phi) is 5.62. The van der Waals surface area contributed by atoms with Gasteiger partial charge in [-0.1, -0.05) is 30.3 Å². The van der Waals surface area contributed by atoms with Crippen molar-refractivity contribution >= 4 is 17.9 Å². The summed E-state index contributed by atoms with van der Waals surface area (Å²) in [5.74, 6) is 2.54. The average Bonchev–Trinajstić information content (AvgIpc) is 2.53. The Balaban J connectivity index is 1.29. The number of hydrogen-bond acceptors (Lipinski definition) is 4. The highest BCUT2D eigenvalue weighted by Gasteiger charge is 2.32. The Morgan fingerprint density at radius 2 is 2.00 bits per heavy atom. The molecule has 1 unspecified atom stereocenters. The third-order valence-corrected chi connectivity index (χ3v) is 5.52. The molecule has 1 heterocycles. The lowest BCUT2D eigenvalue weighted by Crippen LogP contribution is -2.55. The van der Waals surface area contributed by atoms with Gasteiger partial charge >= 0.3 is 6.09 Å². The van der Waals surface area contributed by atoms with Crippen LogP contribution in [0.15, 0.2) is 30.3 Å². The van der Waals surface area contributed by atoms with Crippen molar-refractivity contribution in [1.29, 1.82) is 0 Å². The van der Waals surface area contributed by atoms with Gasteiger partial charge < -0.3 is 15.4 Å². The standard InChI is InChI=1S/C17H24N2O2S/c20-17(21-11-13-5-2-1-3-6-13)19-16-9-15(10-16)18-14-7-4-8-22-12-14/h1-3,5-6,14-16,18H,4,7-12H2,(H,19,20). The molecule has 1 aromatic carbocycles. The number of rotatable bonds is 5. The van der Waals surface area contributed by atoms with Crippen LogP contribution in [0.5, 0.6) is 0 Å². The summed E-state index contributed by atoms with van der Waals surface area (Å²) in [7, 11) is 0. The van der Waals surface area contributed by atoms with Crippen LogP contribution in [0, 0.1) is 0 Å². The maximum absolute atomic E-state index is 11.8. The molecule has 0 spiro atoms. The van der Waals surface area contributed by atoms with Crippen molar-refractivity contribution in [3.8, 4) is 0 Å². The van der Waals surface area contributed by atoms with Crippen molar-refractivity contribution in [2.45, 2.75) is 50.4 Å². The van der Waals surface area contributed by atoms with E-state index in [1.165, 1.54) is 24.3 Å². The highest BCUT2D eigenvalue weighted by atomic mass is 32.2. The fraction of sp³-hybridized carbons (Fsp3) is 0.588. The highest BCUT2D eigenvalue weighted by molar-refractivity contribution is 7.99. The summed E-state index contributed by atoms with van der Waals surface area (Å²) < 4.78 is 5.25. The fourth-order valence-electron chi connectivity index (χ4n) is 3.01. The van der Waals surface area contributed by atoms with Crippen LogP contribution in [0.4, 0.5) is 4.79 Å². The third-order valence-electron chi connectivity index (χ3n) is 4.30. The molecule has 1 aromatic rings. The van der Waals surface area contributed by atoms with Crippen LogP contribution in [0.25, 0.3) is 0 Å². The van der Waals surface area contributed by atoms with Crippen LogP contribution in [0.2, 0.25) is 0 Å². The van der Waals surface area contributed by atoms with Crippen molar-refractivity contribution in [3.05, 3.63) is 35.9 Å². The molecule has 2 aliphatic rings. The van der Waals surface area contributed by atoms with Crippen molar-refractivity contribution < 1.29 is 9.53 Å². The Bertz CT molecular complexity index is 471. The lowest BCUT2D eigenvalue weighted by Gasteiger charge is -2.39. The summed E-state index contributed by atoms with van der Waals surface area (Å²) in [5, 5.41) is 6.65. The zero-order valence-electron chi connectivity index (χ0n) is 12.8. The van der Waals surface area contributed by atoms with E-state index in [0.29, 0.717) is 18.7 Å². The van der Waals surface area contributed by atoms with Gasteiger partial charge in [0.05, 0.1) is 0 Å². The molecular weight excluding hydrogens is 296 g/mol. The number of ether oxygens (including phenoxy) is 1. The molecule has 4 nitrogen and oxygen atoms in total. The van der Waals surface area contributed by atoms with E-state index in [1.54, 1.807) is 0 Å². The minimum absolute atomic E-state index is 0.261. The minimum Gasteiger partial charge on any atom is -0.445 e. The predicted molar refractivity (Wildman–Crippen MR) is 90.1 cm³/mol. The normalized spacial score (nSPS) is 27.7. The van der Waals surface area contributed by atoms with Crippen LogP contribution in [0.3, 0.4) is 0 Å². The smallest absolute Gasteiger partial charge is 0.407 e. The number of thioether (sulfide) groups is 1. The lowest BCUT2D eigenvalue weighted by molar-refractivity contribution is 0.124. The van der Waals surface area contributed by atoms with Crippen LogP contribution in [-0.4, -0.2) is 35.7 Å². The Labute approximate surface area is 136 Å². The van der Waals surface area contributed by atoms with Crippen molar-refractivity contribution in [1.82, 2.24) is 10.6 Å². The molecule has 3 rings (SSSR count). The molecular formula is C17H24N2O2S. The summed E-state index contributed by atoms with van der Waals surface area (Å²) in [6, 6.07) is 11.2. The van der Waals surface area contributed by atoms with Gasteiger partial charge in [-0.15, -0.1) is 0 Å². The van der Waals surface area contributed by atoms with E-state index in [1.807, 2.05) is 42.1 Å². The number of nitrogens with one attached hydrogen (secondary N) is 2.